The van der Waals surface area contributed by atoms with Crippen LogP contribution in [-0.4, -0.2) is 70.0 Å². The molecule has 0 radical (unpaired) electrons. The summed E-state index contributed by atoms with van der Waals surface area (Å²) in [6.45, 7) is 8.90. The first-order valence-corrected chi connectivity index (χ1v) is 11.2. The molecule has 7 nitrogen and oxygen atoms in total. The number of nitrogens with one attached hydrogen (secondary N) is 2. The Hall–Kier alpha value is -1.48. The van der Waals surface area contributed by atoms with E-state index >= 15 is 0 Å². The molecule has 1 amide bonds. The third-order valence-electron chi connectivity index (χ3n) is 5.47. The van der Waals surface area contributed by atoms with E-state index in [4.69, 9.17) is 0 Å². The second kappa shape index (κ2) is 8.26. The van der Waals surface area contributed by atoms with Gasteiger partial charge in [0.25, 0.3) is 5.91 Å². The molecule has 2 heterocycles. The highest BCUT2D eigenvalue weighted by atomic mass is 32.2. The van der Waals surface area contributed by atoms with Crippen LogP contribution in [0.25, 0.3) is 0 Å². The van der Waals surface area contributed by atoms with Crippen molar-refractivity contribution in [1.29, 1.82) is 0 Å². The van der Waals surface area contributed by atoms with E-state index in [1.165, 1.54) is 4.90 Å². The minimum absolute atomic E-state index is 0.196. The first-order chi connectivity index (χ1) is 12.8. The molecule has 0 aromatic heterocycles. The summed E-state index contributed by atoms with van der Waals surface area (Å²) >= 11 is 0. The largest absolute Gasteiger partial charge is 0.335 e. The van der Waals surface area contributed by atoms with E-state index in [1.807, 2.05) is 5.01 Å². The average Bonchev–Trinajstić information content (AvgIpc) is 2.63. The van der Waals surface area contributed by atoms with Crippen LogP contribution in [0.5, 0.6) is 0 Å². The van der Waals surface area contributed by atoms with Crippen LogP contribution in [0.1, 0.15) is 30.6 Å². The van der Waals surface area contributed by atoms with Crippen molar-refractivity contribution in [2.75, 3.05) is 46.3 Å². The van der Waals surface area contributed by atoms with Gasteiger partial charge < -0.3 is 4.90 Å². The Kier molecular flexibility index (Phi) is 6.20. The minimum atomic E-state index is -3.52. The van der Waals surface area contributed by atoms with E-state index < -0.39 is 10.0 Å². The molecule has 2 N–H and O–H groups in total. The zero-order chi connectivity index (χ0) is 19.6. The highest BCUT2D eigenvalue weighted by Crippen LogP contribution is 2.26. The van der Waals surface area contributed by atoms with Crippen LogP contribution >= 0.6 is 0 Å². The molecular weight excluding hydrogens is 364 g/mol. The Morgan fingerprint density at radius 2 is 1.63 bits per heavy atom. The summed E-state index contributed by atoms with van der Waals surface area (Å²) in [5, 5.41) is 1.93. The molecule has 1 aromatic rings. The maximum atomic E-state index is 12.9. The van der Waals surface area contributed by atoms with Gasteiger partial charge in [-0.2, -0.15) is 4.31 Å². The first-order valence-electron chi connectivity index (χ1n) is 9.73. The number of rotatable bonds is 4. The molecule has 1 aromatic carbocycles. The zero-order valence-corrected chi connectivity index (χ0v) is 17.3. The monoisotopic (exact) mass is 395 g/mol. The van der Waals surface area contributed by atoms with Gasteiger partial charge in [-0.05, 0) is 42.5 Å². The number of carbonyl (C=O) groups excluding carboxylic acids is 1. The van der Waals surface area contributed by atoms with Gasteiger partial charge in [0.1, 0.15) is 0 Å². The van der Waals surface area contributed by atoms with Crippen molar-refractivity contribution in [3.05, 3.63) is 29.8 Å². The van der Waals surface area contributed by atoms with Gasteiger partial charge in [-0.25, -0.2) is 13.4 Å². The molecule has 0 saturated carbocycles. The smallest absolute Gasteiger partial charge is 0.265 e. The predicted octanol–water partition coefficient (Wildman–Crippen LogP) is -0.172. The fourth-order valence-corrected chi connectivity index (χ4v) is 5.62. The molecular formula is C19H31N4O3S+. The number of hydrogen-bond acceptors (Lipinski definition) is 4. The second-order valence-corrected chi connectivity index (χ2v) is 10.1. The number of piperazine rings is 1. The van der Waals surface area contributed by atoms with Gasteiger partial charge in [0.15, 0.2) is 0 Å². The van der Waals surface area contributed by atoms with E-state index in [9.17, 15) is 13.2 Å². The van der Waals surface area contributed by atoms with Gasteiger partial charge in [0.2, 0.25) is 10.0 Å². The summed E-state index contributed by atoms with van der Waals surface area (Å²) < 4.78 is 27.4. The van der Waals surface area contributed by atoms with Crippen LogP contribution in [0.3, 0.4) is 0 Å². The number of hydrogen-bond donors (Lipinski definition) is 2. The minimum Gasteiger partial charge on any atom is -0.335 e. The molecule has 0 aliphatic carbocycles. The van der Waals surface area contributed by atoms with Crippen LogP contribution in [0.4, 0.5) is 0 Å². The molecule has 3 rings (SSSR count). The van der Waals surface area contributed by atoms with Gasteiger partial charge in [-0.3, -0.25) is 10.2 Å². The van der Waals surface area contributed by atoms with Crippen molar-refractivity contribution in [3.8, 4) is 0 Å². The van der Waals surface area contributed by atoms with E-state index in [0.29, 0.717) is 30.5 Å². The summed E-state index contributed by atoms with van der Waals surface area (Å²) in [4.78, 5) is 14.1. The maximum Gasteiger partial charge on any atom is 0.265 e. The molecule has 0 unspecified atom stereocenters. The van der Waals surface area contributed by atoms with Gasteiger partial charge in [0.05, 0.1) is 38.1 Å². The van der Waals surface area contributed by atoms with Gasteiger partial charge in [0, 0.05) is 18.7 Å². The lowest BCUT2D eigenvalue weighted by molar-refractivity contribution is -0.884. The summed E-state index contributed by atoms with van der Waals surface area (Å²) in [6, 6.07) is 6.28. The number of quaternary nitrogens is 1. The van der Waals surface area contributed by atoms with Crippen LogP contribution < -0.4 is 10.3 Å². The predicted molar refractivity (Wildman–Crippen MR) is 104 cm³/mol. The number of sulfonamides is 1. The Balaban J connectivity index is 1.66. The van der Waals surface area contributed by atoms with Crippen molar-refractivity contribution < 1.29 is 18.1 Å². The van der Waals surface area contributed by atoms with Crippen molar-refractivity contribution in [2.24, 2.45) is 11.8 Å². The van der Waals surface area contributed by atoms with Crippen molar-refractivity contribution in [3.63, 3.8) is 0 Å². The average molecular weight is 396 g/mol. The van der Waals surface area contributed by atoms with Crippen molar-refractivity contribution >= 4 is 15.9 Å². The standard InChI is InChI=1S/C19H30N4O3S/c1-15-12-16(2)14-23(13-15)27(25,26)18-6-4-17(5-7-18)19(24)20-22-10-8-21(3)9-11-22/h4-7,15-16H,8-14H2,1-3H3,(H,20,24)/p+1/t15-,16-/m0/s1. The fraction of sp³-hybridized carbons (Fsp3) is 0.632. The van der Waals surface area contributed by atoms with Gasteiger partial charge >= 0.3 is 0 Å². The highest BCUT2D eigenvalue weighted by Gasteiger charge is 2.31. The number of likely N-dealkylation sites (N-methyl/N-ethyl adjacent to an activating group) is 1. The number of carbonyl (C=O) groups is 1. The number of hydrazine groups is 1. The molecule has 0 spiro atoms. The topological polar surface area (TPSA) is 74.2 Å². The molecule has 2 aliphatic rings. The SMILES string of the molecule is C[C@H]1C[C@H](C)CN(S(=O)(=O)c2ccc(C(=O)NN3CC[NH+](C)CC3)cc2)C1. The molecule has 2 atom stereocenters. The molecule has 150 valence electrons. The Morgan fingerprint density at radius 3 is 2.19 bits per heavy atom. The van der Waals surface area contributed by atoms with Gasteiger partial charge in [-0.15, -0.1) is 0 Å². The summed E-state index contributed by atoms with van der Waals surface area (Å²) in [7, 11) is -1.37. The van der Waals surface area contributed by atoms with Crippen LogP contribution in [-0.2, 0) is 10.0 Å². The number of amides is 1. The normalized spacial score (nSPS) is 26.0. The third kappa shape index (κ3) is 4.87. The van der Waals surface area contributed by atoms with E-state index in [0.717, 1.165) is 32.6 Å². The summed E-state index contributed by atoms with van der Waals surface area (Å²) in [5.41, 5.74) is 3.38. The Labute approximate surface area is 162 Å². The molecule has 2 aliphatic heterocycles. The lowest BCUT2D eigenvalue weighted by atomic mass is 9.94. The zero-order valence-electron chi connectivity index (χ0n) is 16.4. The highest BCUT2D eigenvalue weighted by molar-refractivity contribution is 7.89. The van der Waals surface area contributed by atoms with E-state index in [-0.39, 0.29) is 10.8 Å². The lowest BCUT2D eigenvalue weighted by Gasteiger charge is -2.34. The lowest BCUT2D eigenvalue weighted by Crippen LogP contribution is -3.12. The maximum absolute atomic E-state index is 12.9. The molecule has 0 bridgehead atoms. The van der Waals surface area contributed by atoms with Crippen molar-refractivity contribution in [1.82, 2.24) is 14.7 Å². The van der Waals surface area contributed by atoms with Crippen molar-refractivity contribution in [2.45, 2.75) is 25.2 Å². The number of benzene rings is 1. The molecule has 2 fully saturated rings. The quantitative estimate of drug-likeness (QED) is 0.742. The van der Waals surface area contributed by atoms with Crippen LogP contribution in [0.15, 0.2) is 29.2 Å². The molecule has 27 heavy (non-hydrogen) atoms. The molecule has 8 heteroatoms. The second-order valence-electron chi connectivity index (χ2n) is 8.18. The third-order valence-corrected chi connectivity index (χ3v) is 7.31. The Morgan fingerprint density at radius 1 is 1.07 bits per heavy atom. The van der Waals surface area contributed by atoms with Gasteiger partial charge in [-0.1, -0.05) is 13.8 Å². The van der Waals surface area contributed by atoms with Crippen LogP contribution in [0.2, 0.25) is 0 Å². The summed E-state index contributed by atoms with van der Waals surface area (Å²) in [5.74, 6) is 0.525. The number of piperidine rings is 1. The summed E-state index contributed by atoms with van der Waals surface area (Å²) in [6.07, 6.45) is 1.05. The first kappa shape index (κ1) is 20.3. The Bertz CT molecular complexity index is 748. The van der Waals surface area contributed by atoms with Crippen LogP contribution in [0, 0.1) is 11.8 Å². The number of nitrogens with zero attached hydrogens (tertiary/aromatic N) is 2. The van der Waals surface area contributed by atoms with E-state index in [2.05, 4.69) is 26.3 Å². The van der Waals surface area contributed by atoms with E-state index in [1.54, 1.807) is 28.6 Å². The molecule has 2 saturated heterocycles. The fourth-order valence-electron chi connectivity index (χ4n) is 3.94.